The summed E-state index contributed by atoms with van der Waals surface area (Å²) >= 11 is 5.09. The molecule has 1 fully saturated rings. The Balaban J connectivity index is 2.75. The van der Waals surface area contributed by atoms with Crippen LogP contribution in [0.2, 0.25) is 0 Å². The summed E-state index contributed by atoms with van der Waals surface area (Å²) in [4.78, 5) is 11.8. The van der Waals surface area contributed by atoms with Gasteiger partial charge in [0, 0.05) is 7.05 Å². The van der Waals surface area contributed by atoms with Crippen molar-refractivity contribution in [3.8, 4) is 0 Å². The zero-order chi connectivity index (χ0) is 11.3. The molecule has 86 valence electrons. The van der Waals surface area contributed by atoms with Crippen LogP contribution < -0.4 is 16.4 Å². The average Bonchev–Trinajstić information content (AvgIpc) is 2.44. The van der Waals surface area contributed by atoms with Crippen molar-refractivity contribution >= 4 is 23.2 Å². The van der Waals surface area contributed by atoms with Crippen molar-refractivity contribution in [3.63, 3.8) is 0 Å². The molecule has 0 atom stereocenters. The van der Waals surface area contributed by atoms with Gasteiger partial charge in [0.2, 0.25) is 0 Å². The summed E-state index contributed by atoms with van der Waals surface area (Å²) in [6, 6.07) is -0.204. The van der Waals surface area contributed by atoms with E-state index in [9.17, 15) is 4.79 Å². The number of urea groups is 1. The minimum absolute atomic E-state index is 0.204. The molecule has 1 aliphatic rings. The van der Waals surface area contributed by atoms with E-state index in [0.29, 0.717) is 4.99 Å². The van der Waals surface area contributed by atoms with Gasteiger partial charge in [-0.1, -0.05) is 37.9 Å². The molecule has 0 aliphatic heterocycles. The molecule has 1 rings (SSSR count). The van der Waals surface area contributed by atoms with Crippen molar-refractivity contribution in [3.05, 3.63) is 0 Å². The minimum Gasteiger partial charge on any atom is -0.391 e. The third kappa shape index (κ3) is 3.06. The van der Waals surface area contributed by atoms with Gasteiger partial charge in [0.15, 0.2) is 0 Å². The van der Waals surface area contributed by atoms with Gasteiger partial charge in [-0.3, -0.25) is 0 Å². The van der Waals surface area contributed by atoms with E-state index in [1.165, 1.54) is 12.8 Å². The van der Waals surface area contributed by atoms with Gasteiger partial charge in [0.05, 0.1) is 10.5 Å². The molecular formula is C10H19N3OS. The molecule has 4 nitrogen and oxygen atoms in total. The fourth-order valence-electron chi connectivity index (χ4n) is 2.04. The van der Waals surface area contributed by atoms with Crippen molar-refractivity contribution in [2.24, 2.45) is 5.73 Å². The van der Waals surface area contributed by atoms with E-state index < -0.39 is 5.54 Å². The van der Waals surface area contributed by atoms with Crippen molar-refractivity contribution in [1.29, 1.82) is 0 Å². The molecule has 1 saturated carbocycles. The summed E-state index contributed by atoms with van der Waals surface area (Å²) in [7, 11) is 1.60. The fourth-order valence-corrected chi connectivity index (χ4v) is 2.30. The SMILES string of the molecule is CNC(=O)NC1(C(N)=S)CCCCCC1. The van der Waals surface area contributed by atoms with Gasteiger partial charge < -0.3 is 16.4 Å². The Morgan fingerprint density at radius 3 is 2.20 bits per heavy atom. The van der Waals surface area contributed by atoms with Crippen LogP contribution in [-0.2, 0) is 0 Å². The summed E-state index contributed by atoms with van der Waals surface area (Å²) < 4.78 is 0. The van der Waals surface area contributed by atoms with Crippen LogP contribution in [0, 0.1) is 0 Å². The van der Waals surface area contributed by atoms with Gasteiger partial charge in [-0.15, -0.1) is 0 Å². The highest BCUT2D eigenvalue weighted by Gasteiger charge is 2.35. The first-order valence-electron chi connectivity index (χ1n) is 5.40. The lowest BCUT2D eigenvalue weighted by molar-refractivity contribution is 0.232. The number of rotatable bonds is 2. The second-order valence-corrected chi connectivity index (χ2v) is 4.50. The lowest BCUT2D eigenvalue weighted by Gasteiger charge is -2.32. The quantitative estimate of drug-likeness (QED) is 0.494. The smallest absolute Gasteiger partial charge is 0.315 e. The first kappa shape index (κ1) is 12.2. The lowest BCUT2D eigenvalue weighted by Crippen LogP contribution is -2.58. The van der Waals surface area contributed by atoms with E-state index in [4.69, 9.17) is 18.0 Å². The highest BCUT2D eigenvalue weighted by atomic mass is 32.1. The zero-order valence-corrected chi connectivity index (χ0v) is 9.95. The Morgan fingerprint density at radius 1 is 1.27 bits per heavy atom. The molecular weight excluding hydrogens is 210 g/mol. The Hall–Kier alpha value is -0.840. The Kier molecular flexibility index (Phi) is 4.32. The summed E-state index contributed by atoms with van der Waals surface area (Å²) in [5, 5.41) is 5.45. The van der Waals surface area contributed by atoms with Crippen LogP contribution in [0.15, 0.2) is 0 Å². The maximum Gasteiger partial charge on any atom is 0.315 e. The lowest BCUT2D eigenvalue weighted by atomic mass is 9.90. The van der Waals surface area contributed by atoms with Crippen LogP contribution in [0.1, 0.15) is 38.5 Å². The molecule has 15 heavy (non-hydrogen) atoms. The minimum atomic E-state index is -0.466. The molecule has 0 radical (unpaired) electrons. The standard InChI is InChI=1S/C10H19N3OS/c1-12-9(14)13-10(8(11)15)6-4-2-3-5-7-10/h2-7H2,1H3,(H2,11,15)(H2,12,13,14). The predicted octanol–water partition coefficient (Wildman–Crippen LogP) is 1.29. The highest BCUT2D eigenvalue weighted by Crippen LogP contribution is 2.27. The maximum atomic E-state index is 11.4. The van der Waals surface area contributed by atoms with E-state index in [0.717, 1.165) is 25.7 Å². The normalized spacial score (nSPS) is 20.1. The summed E-state index contributed by atoms with van der Waals surface area (Å²) in [5.74, 6) is 0. The second-order valence-electron chi connectivity index (χ2n) is 4.06. The molecule has 1 aliphatic carbocycles. The van der Waals surface area contributed by atoms with E-state index in [2.05, 4.69) is 10.6 Å². The predicted molar refractivity (Wildman–Crippen MR) is 64.8 cm³/mol. The van der Waals surface area contributed by atoms with E-state index in [1.807, 2.05) is 0 Å². The number of carbonyl (C=O) groups excluding carboxylic acids is 1. The Labute approximate surface area is 96.0 Å². The third-order valence-electron chi connectivity index (χ3n) is 3.01. The summed E-state index contributed by atoms with van der Waals surface area (Å²) in [6.45, 7) is 0. The Morgan fingerprint density at radius 2 is 1.80 bits per heavy atom. The first-order valence-corrected chi connectivity index (χ1v) is 5.81. The van der Waals surface area contributed by atoms with Gasteiger partial charge in [-0.25, -0.2) is 4.79 Å². The van der Waals surface area contributed by atoms with E-state index in [-0.39, 0.29) is 6.03 Å². The molecule has 0 spiro atoms. The van der Waals surface area contributed by atoms with Gasteiger partial charge in [-0.2, -0.15) is 0 Å². The van der Waals surface area contributed by atoms with Crippen LogP contribution in [0.25, 0.3) is 0 Å². The zero-order valence-electron chi connectivity index (χ0n) is 9.14. The molecule has 0 bridgehead atoms. The van der Waals surface area contributed by atoms with Gasteiger partial charge >= 0.3 is 6.03 Å². The monoisotopic (exact) mass is 229 g/mol. The second kappa shape index (κ2) is 5.30. The molecule has 0 unspecified atom stereocenters. The average molecular weight is 229 g/mol. The van der Waals surface area contributed by atoms with Crippen molar-refractivity contribution in [2.45, 2.75) is 44.1 Å². The summed E-state index contributed by atoms with van der Waals surface area (Å²) in [5.41, 5.74) is 5.30. The molecule has 0 aromatic rings. The highest BCUT2D eigenvalue weighted by molar-refractivity contribution is 7.80. The van der Waals surface area contributed by atoms with Crippen molar-refractivity contribution in [1.82, 2.24) is 10.6 Å². The fraction of sp³-hybridized carbons (Fsp3) is 0.800. The number of nitrogens with one attached hydrogen (secondary N) is 2. The number of hydrogen-bond donors (Lipinski definition) is 3. The van der Waals surface area contributed by atoms with Crippen molar-refractivity contribution < 1.29 is 4.79 Å². The van der Waals surface area contributed by atoms with Crippen LogP contribution in [0.3, 0.4) is 0 Å². The first-order chi connectivity index (χ1) is 7.10. The number of nitrogens with two attached hydrogens (primary N) is 1. The van der Waals surface area contributed by atoms with E-state index in [1.54, 1.807) is 7.05 Å². The van der Waals surface area contributed by atoms with E-state index >= 15 is 0 Å². The topological polar surface area (TPSA) is 67.2 Å². The van der Waals surface area contributed by atoms with Gasteiger partial charge in [-0.05, 0) is 12.8 Å². The molecule has 4 N–H and O–H groups in total. The van der Waals surface area contributed by atoms with Crippen LogP contribution >= 0.6 is 12.2 Å². The van der Waals surface area contributed by atoms with Crippen LogP contribution in [-0.4, -0.2) is 23.6 Å². The number of amides is 2. The Bertz CT molecular complexity index is 247. The molecule has 5 heteroatoms. The number of hydrogen-bond acceptors (Lipinski definition) is 2. The molecule has 0 aromatic carbocycles. The largest absolute Gasteiger partial charge is 0.391 e. The van der Waals surface area contributed by atoms with Crippen LogP contribution in [0.5, 0.6) is 0 Å². The van der Waals surface area contributed by atoms with Gasteiger partial charge in [0.25, 0.3) is 0 Å². The molecule has 0 heterocycles. The summed E-state index contributed by atoms with van der Waals surface area (Å²) in [6.07, 6.45) is 6.24. The van der Waals surface area contributed by atoms with Crippen LogP contribution in [0.4, 0.5) is 4.79 Å². The molecule has 0 aromatic heterocycles. The van der Waals surface area contributed by atoms with Gasteiger partial charge in [0.1, 0.15) is 0 Å². The number of carbonyl (C=O) groups is 1. The molecule has 2 amide bonds. The maximum absolute atomic E-state index is 11.4. The third-order valence-corrected chi connectivity index (χ3v) is 3.40. The number of thiocarbonyl (C=S) groups is 1. The molecule has 0 saturated heterocycles. The van der Waals surface area contributed by atoms with Crippen molar-refractivity contribution in [2.75, 3.05) is 7.05 Å².